The molecule has 1 N–H and O–H groups in total. The lowest BCUT2D eigenvalue weighted by Crippen LogP contribution is -2.45. The van der Waals surface area contributed by atoms with Gasteiger partial charge in [0.05, 0.1) is 25.9 Å². The van der Waals surface area contributed by atoms with E-state index in [4.69, 9.17) is 9.47 Å². The van der Waals surface area contributed by atoms with Gasteiger partial charge in [0.25, 0.3) is 0 Å². The molecule has 0 aliphatic heterocycles. The van der Waals surface area contributed by atoms with E-state index < -0.39 is 0 Å². The van der Waals surface area contributed by atoms with Crippen molar-refractivity contribution in [1.82, 2.24) is 9.88 Å². The molecule has 1 atom stereocenters. The molecule has 6 nitrogen and oxygen atoms in total. The van der Waals surface area contributed by atoms with Crippen LogP contribution in [0.3, 0.4) is 0 Å². The number of benzene rings is 1. The van der Waals surface area contributed by atoms with Crippen LogP contribution in [0.5, 0.6) is 11.5 Å². The largest absolute Gasteiger partial charge is 0.497 e. The van der Waals surface area contributed by atoms with E-state index in [1.807, 2.05) is 35.4 Å². The zero-order valence-corrected chi connectivity index (χ0v) is 16.9. The van der Waals surface area contributed by atoms with Crippen molar-refractivity contribution in [2.24, 2.45) is 0 Å². The topological polar surface area (TPSA) is 63.7 Å². The molecule has 1 aromatic carbocycles. The fourth-order valence-electron chi connectivity index (χ4n) is 3.88. The number of carbonyl (C=O) groups is 1. The van der Waals surface area contributed by atoms with Crippen LogP contribution in [0.2, 0.25) is 0 Å². The van der Waals surface area contributed by atoms with Crippen molar-refractivity contribution >= 4 is 11.7 Å². The van der Waals surface area contributed by atoms with Gasteiger partial charge in [-0.25, -0.2) is 4.79 Å². The second-order valence-corrected chi connectivity index (χ2v) is 7.16. The van der Waals surface area contributed by atoms with Crippen LogP contribution in [-0.2, 0) is 0 Å². The summed E-state index contributed by atoms with van der Waals surface area (Å²) in [6, 6.07) is 9.35. The van der Waals surface area contributed by atoms with Crippen LogP contribution in [0, 0.1) is 0 Å². The number of nitrogens with one attached hydrogen (secondary N) is 1. The van der Waals surface area contributed by atoms with Crippen molar-refractivity contribution in [3.63, 3.8) is 0 Å². The predicted octanol–water partition coefficient (Wildman–Crippen LogP) is 5.03. The molecule has 0 spiro atoms. The highest BCUT2D eigenvalue weighted by Gasteiger charge is 2.31. The number of carbonyl (C=O) groups excluding carboxylic acids is 1. The molecule has 1 fully saturated rings. The number of amides is 2. The van der Waals surface area contributed by atoms with Gasteiger partial charge in [-0.1, -0.05) is 25.3 Å². The Morgan fingerprint density at radius 2 is 1.96 bits per heavy atom. The molecule has 150 valence electrons. The van der Waals surface area contributed by atoms with Crippen molar-refractivity contribution in [2.45, 2.75) is 51.1 Å². The van der Waals surface area contributed by atoms with E-state index in [9.17, 15) is 4.79 Å². The molecule has 3 rings (SSSR count). The molecule has 0 radical (unpaired) electrons. The first kappa shape index (κ1) is 20.0. The van der Waals surface area contributed by atoms with Gasteiger partial charge in [0.2, 0.25) is 0 Å². The second-order valence-electron chi connectivity index (χ2n) is 7.16. The van der Waals surface area contributed by atoms with Crippen molar-refractivity contribution in [2.75, 3.05) is 19.5 Å². The zero-order valence-electron chi connectivity index (χ0n) is 16.9. The Labute approximate surface area is 166 Å². The number of urea groups is 1. The third-order valence-corrected chi connectivity index (χ3v) is 5.44. The number of anilines is 1. The van der Waals surface area contributed by atoms with Crippen LogP contribution in [0.15, 0.2) is 42.7 Å². The molecule has 0 unspecified atom stereocenters. The lowest BCUT2D eigenvalue weighted by molar-refractivity contribution is 0.139. The van der Waals surface area contributed by atoms with Crippen molar-refractivity contribution in [3.05, 3.63) is 48.3 Å². The number of hydrogen-bond donors (Lipinski definition) is 1. The molecule has 1 saturated carbocycles. The van der Waals surface area contributed by atoms with Gasteiger partial charge in [-0.3, -0.25) is 4.98 Å². The van der Waals surface area contributed by atoms with Gasteiger partial charge in [-0.2, -0.15) is 0 Å². The summed E-state index contributed by atoms with van der Waals surface area (Å²) in [5.74, 6) is 1.26. The molecule has 0 bridgehead atoms. The minimum atomic E-state index is -0.119. The average Bonchev–Trinajstić information content (AvgIpc) is 2.75. The van der Waals surface area contributed by atoms with Gasteiger partial charge in [-0.05, 0) is 43.5 Å². The fourth-order valence-corrected chi connectivity index (χ4v) is 3.88. The van der Waals surface area contributed by atoms with Crippen LogP contribution < -0.4 is 14.8 Å². The fraction of sp³-hybridized carbons (Fsp3) is 0.455. The summed E-state index contributed by atoms with van der Waals surface area (Å²) >= 11 is 0. The SMILES string of the molecule is COc1ccc(NC(=O)N(C2CCCCC2)[C@@H](C)c2cccnc2)c(OC)c1. The third kappa shape index (κ3) is 4.55. The van der Waals surface area contributed by atoms with E-state index in [0.717, 1.165) is 31.2 Å². The maximum Gasteiger partial charge on any atom is 0.322 e. The second kappa shape index (κ2) is 9.44. The monoisotopic (exact) mass is 383 g/mol. The van der Waals surface area contributed by atoms with Crippen LogP contribution in [0.25, 0.3) is 0 Å². The number of ether oxygens (including phenoxy) is 2. The smallest absolute Gasteiger partial charge is 0.322 e. The van der Waals surface area contributed by atoms with E-state index in [0.29, 0.717) is 17.2 Å². The van der Waals surface area contributed by atoms with E-state index in [-0.39, 0.29) is 18.1 Å². The van der Waals surface area contributed by atoms with E-state index in [2.05, 4.69) is 17.2 Å². The van der Waals surface area contributed by atoms with Gasteiger partial charge >= 0.3 is 6.03 Å². The molecule has 6 heteroatoms. The highest BCUT2D eigenvalue weighted by atomic mass is 16.5. The Hall–Kier alpha value is -2.76. The summed E-state index contributed by atoms with van der Waals surface area (Å²) in [4.78, 5) is 19.6. The summed E-state index contributed by atoms with van der Waals surface area (Å²) in [5, 5.41) is 3.05. The summed E-state index contributed by atoms with van der Waals surface area (Å²) in [5.41, 5.74) is 1.66. The Bertz CT molecular complexity index is 776. The highest BCUT2D eigenvalue weighted by molar-refractivity contribution is 5.91. The number of rotatable bonds is 6. The number of aromatic nitrogens is 1. The molecule has 1 aromatic heterocycles. The number of pyridine rings is 1. The molecule has 0 saturated heterocycles. The molecule has 1 aliphatic rings. The van der Waals surface area contributed by atoms with Crippen LogP contribution >= 0.6 is 0 Å². The number of hydrogen-bond acceptors (Lipinski definition) is 4. The summed E-state index contributed by atoms with van der Waals surface area (Å²) in [7, 11) is 3.19. The zero-order chi connectivity index (χ0) is 19.9. The lowest BCUT2D eigenvalue weighted by atomic mass is 9.92. The summed E-state index contributed by atoms with van der Waals surface area (Å²) in [6.45, 7) is 2.07. The number of methoxy groups -OCH3 is 2. The summed E-state index contributed by atoms with van der Waals surface area (Å²) < 4.78 is 10.7. The van der Waals surface area contributed by atoms with Crippen molar-refractivity contribution in [1.29, 1.82) is 0 Å². The molecule has 1 heterocycles. The third-order valence-electron chi connectivity index (χ3n) is 5.44. The molecular weight excluding hydrogens is 354 g/mol. The highest BCUT2D eigenvalue weighted by Crippen LogP contribution is 2.33. The molecule has 1 aliphatic carbocycles. The first-order valence-corrected chi connectivity index (χ1v) is 9.85. The van der Waals surface area contributed by atoms with Crippen molar-refractivity contribution in [3.8, 4) is 11.5 Å². The number of nitrogens with zero attached hydrogens (tertiary/aromatic N) is 2. The Kier molecular flexibility index (Phi) is 6.74. The maximum absolute atomic E-state index is 13.4. The molecule has 2 amide bonds. The maximum atomic E-state index is 13.4. The van der Waals surface area contributed by atoms with E-state index in [1.54, 1.807) is 26.5 Å². The molecule has 2 aromatic rings. The normalized spacial score (nSPS) is 15.5. The molecule has 28 heavy (non-hydrogen) atoms. The minimum Gasteiger partial charge on any atom is -0.497 e. The van der Waals surface area contributed by atoms with Crippen LogP contribution in [-0.4, -0.2) is 36.2 Å². The minimum absolute atomic E-state index is 0.0685. The Balaban J connectivity index is 1.86. The van der Waals surface area contributed by atoms with Gasteiger partial charge < -0.3 is 19.7 Å². The first-order chi connectivity index (χ1) is 13.6. The standard InChI is InChI=1S/C22H29N3O3/c1-16(17-8-7-13-23-15-17)25(18-9-5-4-6-10-18)22(26)24-20-12-11-19(27-2)14-21(20)28-3/h7-8,11-16,18H,4-6,9-10H2,1-3H3,(H,24,26)/t16-/m0/s1. The Morgan fingerprint density at radius 1 is 1.18 bits per heavy atom. The van der Waals surface area contributed by atoms with Crippen LogP contribution in [0.4, 0.5) is 10.5 Å². The van der Waals surface area contributed by atoms with Gasteiger partial charge in [-0.15, -0.1) is 0 Å². The van der Waals surface area contributed by atoms with Gasteiger partial charge in [0.15, 0.2) is 0 Å². The van der Waals surface area contributed by atoms with E-state index in [1.165, 1.54) is 6.42 Å². The Morgan fingerprint density at radius 3 is 2.61 bits per heavy atom. The first-order valence-electron chi connectivity index (χ1n) is 9.85. The predicted molar refractivity (Wildman–Crippen MR) is 110 cm³/mol. The van der Waals surface area contributed by atoms with E-state index >= 15 is 0 Å². The molecular formula is C22H29N3O3. The van der Waals surface area contributed by atoms with Gasteiger partial charge in [0, 0.05) is 24.5 Å². The quantitative estimate of drug-likeness (QED) is 0.760. The van der Waals surface area contributed by atoms with Gasteiger partial charge in [0.1, 0.15) is 11.5 Å². The lowest BCUT2D eigenvalue weighted by Gasteiger charge is -2.38. The van der Waals surface area contributed by atoms with Crippen molar-refractivity contribution < 1.29 is 14.3 Å². The van der Waals surface area contributed by atoms with Crippen LogP contribution in [0.1, 0.15) is 50.6 Å². The summed E-state index contributed by atoms with van der Waals surface area (Å²) in [6.07, 6.45) is 9.18. The average molecular weight is 383 g/mol.